The lowest BCUT2D eigenvalue weighted by Crippen LogP contribution is -2.23. The molecular formula is C20H20ClN3O2S. The molecule has 1 aromatic carbocycles. The van der Waals surface area contributed by atoms with Crippen LogP contribution in [0.3, 0.4) is 0 Å². The van der Waals surface area contributed by atoms with Crippen molar-refractivity contribution < 1.29 is 9.59 Å². The number of halogens is 1. The van der Waals surface area contributed by atoms with Crippen molar-refractivity contribution in [3.05, 3.63) is 68.6 Å². The SMILES string of the molecule is Cc1nn(-c2ccccc2)c(C)c1CNC(=O)CCC(=O)c1ccc(Cl)s1. The number of aryl methyl sites for hydroxylation is 1. The summed E-state index contributed by atoms with van der Waals surface area (Å²) in [5.74, 6) is -0.219. The standard InChI is InChI=1S/C20H20ClN3O2S/c1-13-16(14(2)24(23-13)15-6-4-3-5-7-15)12-22-20(26)11-8-17(25)18-9-10-19(21)27-18/h3-7,9-10H,8,11-12H2,1-2H3,(H,22,26). The van der Waals surface area contributed by atoms with Gasteiger partial charge in [-0.2, -0.15) is 5.10 Å². The molecule has 3 rings (SSSR count). The van der Waals surface area contributed by atoms with Gasteiger partial charge < -0.3 is 5.32 Å². The van der Waals surface area contributed by atoms with E-state index in [-0.39, 0.29) is 24.5 Å². The molecule has 1 N–H and O–H groups in total. The number of ketones is 1. The molecule has 27 heavy (non-hydrogen) atoms. The van der Waals surface area contributed by atoms with Crippen LogP contribution in [-0.2, 0) is 11.3 Å². The molecule has 0 saturated heterocycles. The topological polar surface area (TPSA) is 64.0 Å². The zero-order chi connectivity index (χ0) is 19.4. The Morgan fingerprint density at radius 1 is 1.11 bits per heavy atom. The van der Waals surface area contributed by atoms with Crippen LogP contribution in [0.1, 0.15) is 39.5 Å². The molecule has 0 bridgehead atoms. The highest BCUT2D eigenvalue weighted by molar-refractivity contribution is 7.18. The number of para-hydroxylation sites is 1. The first-order valence-electron chi connectivity index (χ1n) is 8.61. The predicted molar refractivity (Wildman–Crippen MR) is 108 cm³/mol. The van der Waals surface area contributed by atoms with Gasteiger partial charge in [0.25, 0.3) is 0 Å². The first-order chi connectivity index (χ1) is 13.0. The Hall–Kier alpha value is -2.44. The summed E-state index contributed by atoms with van der Waals surface area (Å²) in [6, 6.07) is 13.2. The van der Waals surface area contributed by atoms with E-state index in [2.05, 4.69) is 10.4 Å². The van der Waals surface area contributed by atoms with E-state index in [4.69, 9.17) is 11.6 Å². The summed E-state index contributed by atoms with van der Waals surface area (Å²) in [7, 11) is 0. The van der Waals surface area contributed by atoms with Crippen LogP contribution in [0.5, 0.6) is 0 Å². The van der Waals surface area contributed by atoms with Gasteiger partial charge in [0, 0.05) is 30.6 Å². The van der Waals surface area contributed by atoms with E-state index in [9.17, 15) is 9.59 Å². The van der Waals surface area contributed by atoms with E-state index in [0.717, 1.165) is 22.6 Å². The Bertz CT molecular complexity index is 963. The molecule has 0 spiro atoms. The number of Topliss-reactive ketones (excluding diaryl/α,β-unsaturated/α-hetero) is 1. The number of rotatable bonds is 7. The molecular weight excluding hydrogens is 382 g/mol. The molecule has 5 nitrogen and oxygen atoms in total. The van der Waals surface area contributed by atoms with Gasteiger partial charge in [-0.25, -0.2) is 4.68 Å². The summed E-state index contributed by atoms with van der Waals surface area (Å²) in [5.41, 5.74) is 3.84. The second-order valence-corrected chi connectivity index (χ2v) is 7.92. The second-order valence-electron chi connectivity index (χ2n) is 6.20. The molecule has 140 valence electrons. The zero-order valence-corrected chi connectivity index (χ0v) is 16.7. The van der Waals surface area contributed by atoms with Crippen LogP contribution in [0, 0.1) is 13.8 Å². The molecule has 0 aliphatic carbocycles. The Morgan fingerprint density at radius 2 is 1.85 bits per heavy atom. The van der Waals surface area contributed by atoms with Crippen LogP contribution in [0.2, 0.25) is 4.34 Å². The molecule has 0 radical (unpaired) electrons. The van der Waals surface area contributed by atoms with E-state index in [1.165, 1.54) is 11.3 Å². The highest BCUT2D eigenvalue weighted by Crippen LogP contribution is 2.23. The predicted octanol–water partition coefficient (Wildman–Crippen LogP) is 4.48. The highest BCUT2D eigenvalue weighted by Gasteiger charge is 2.15. The molecule has 1 amide bonds. The van der Waals surface area contributed by atoms with Gasteiger partial charge in [0.1, 0.15) is 0 Å². The van der Waals surface area contributed by atoms with Gasteiger partial charge in [0.05, 0.1) is 20.6 Å². The Morgan fingerprint density at radius 3 is 2.52 bits per heavy atom. The largest absolute Gasteiger partial charge is 0.352 e. The van der Waals surface area contributed by atoms with Crippen molar-refractivity contribution in [1.82, 2.24) is 15.1 Å². The van der Waals surface area contributed by atoms with Crippen molar-refractivity contribution in [1.29, 1.82) is 0 Å². The summed E-state index contributed by atoms with van der Waals surface area (Å²) in [5, 5.41) is 7.46. The van der Waals surface area contributed by atoms with Gasteiger partial charge in [-0.1, -0.05) is 29.8 Å². The van der Waals surface area contributed by atoms with Gasteiger partial charge in [-0.3, -0.25) is 9.59 Å². The monoisotopic (exact) mass is 401 g/mol. The van der Waals surface area contributed by atoms with Crippen molar-refractivity contribution in [2.75, 3.05) is 0 Å². The minimum atomic E-state index is -0.155. The second kappa shape index (κ2) is 8.50. The molecule has 3 aromatic rings. The Kier molecular flexibility index (Phi) is 6.08. The van der Waals surface area contributed by atoms with Gasteiger partial charge in [0.2, 0.25) is 5.91 Å². The molecule has 0 atom stereocenters. The van der Waals surface area contributed by atoms with Gasteiger partial charge in [-0.15, -0.1) is 11.3 Å². The van der Waals surface area contributed by atoms with Crippen LogP contribution >= 0.6 is 22.9 Å². The molecule has 0 unspecified atom stereocenters. The van der Waals surface area contributed by atoms with Gasteiger partial charge >= 0.3 is 0 Å². The van der Waals surface area contributed by atoms with E-state index in [1.54, 1.807) is 12.1 Å². The maximum atomic E-state index is 12.1. The van der Waals surface area contributed by atoms with Gasteiger partial charge in [0.15, 0.2) is 5.78 Å². The highest BCUT2D eigenvalue weighted by atomic mass is 35.5. The van der Waals surface area contributed by atoms with Crippen LogP contribution in [0.4, 0.5) is 0 Å². The lowest BCUT2D eigenvalue weighted by atomic mass is 10.1. The minimum Gasteiger partial charge on any atom is -0.352 e. The number of thiophene rings is 1. The first kappa shape index (κ1) is 19.3. The summed E-state index contributed by atoms with van der Waals surface area (Å²) in [4.78, 5) is 24.8. The van der Waals surface area contributed by atoms with Gasteiger partial charge in [-0.05, 0) is 38.1 Å². The fraction of sp³-hybridized carbons (Fsp3) is 0.250. The van der Waals surface area contributed by atoms with Crippen LogP contribution < -0.4 is 5.32 Å². The average Bonchev–Trinajstić information content (AvgIpc) is 3.22. The molecule has 2 heterocycles. The van der Waals surface area contributed by atoms with Crippen molar-refractivity contribution in [3.63, 3.8) is 0 Å². The summed E-state index contributed by atoms with van der Waals surface area (Å²) >= 11 is 7.08. The molecule has 0 saturated carbocycles. The number of aromatic nitrogens is 2. The summed E-state index contributed by atoms with van der Waals surface area (Å²) in [6.45, 7) is 4.30. The quantitative estimate of drug-likeness (QED) is 0.593. The third-order valence-electron chi connectivity index (χ3n) is 4.33. The number of nitrogens with zero attached hydrogens (tertiary/aromatic N) is 2. The number of nitrogens with one attached hydrogen (secondary N) is 1. The fourth-order valence-corrected chi connectivity index (χ4v) is 3.85. The smallest absolute Gasteiger partial charge is 0.220 e. The molecule has 0 aliphatic heterocycles. The molecule has 0 fully saturated rings. The van der Waals surface area contributed by atoms with Crippen molar-refractivity contribution in [2.45, 2.75) is 33.2 Å². The van der Waals surface area contributed by atoms with E-state index < -0.39 is 0 Å². The Balaban J connectivity index is 1.57. The number of hydrogen-bond donors (Lipinski definition) is 1. The lowest BCUT2D eigenvalue weighted by Gasteiger charge is -2.07. The average molecular weight is 402 g/mol. The number of benzene rings is 1. The molecule has 7 heteroatoms. The van der Waals surface area contributed by atoms with E-state index in [1.807, 2.05) is 48.9 Å². The maximum Gasteiger partial charge on any atom is 0.220 e. The normalized spacial score (nSPS) is 10.8. The van der Waals surface area contributed by atoms with Crippen LogP contribution in [0.25, 0.3) is 5.69 Å². The zero-order valence-electron chi connectivity index (χ0n) is 15.2. The number of carbonyl (C=O) groups is 2. The van der Waals surface area contributed by atoms with Crippen LogP contribution in [0.15, 0.2) is 42.5 Å². The fourth-order valence-electron chi connectivity index (χ4n) is 2.84. The summed E-state index contributed by atoms with van der Waals surface area (Å²) < 4.78 is 2.45. The number of hydrogen-bond acceptors (Lipinski definition) is 4. The third-order valence-corrected chi connectivity index (χ3v) is 5.60. The lowest BCUT2D eigenvalue weighted by molar-refractivity contribution is -0.121. The minimum absolute atomic E-state index is 0.0636. The molecule has 0 aliphatic rings. The first-order valence-corrected chi connectivity index (χ1v) is 9.81. The Labute approximate surface area is 167 Å². The van der Waals surface area contributed by atoms with E-state index >= 15 is 0 Å². The van der Waals surface area contributed by atoms with Crippen molar-refractivity contribution in [3.8, 4) is 5.69 Å². The number of amides is 1. The summed E-state index contributed by atoms with van der Waals surface area (Å²) in [6.07, 6.45) is 0.323. The van der Waals surface area contributed by atoms with E-state index in [0.29, 0.717) is 15.8 Å². The third kappa shape index (κ3) is 4.64. The maximum absolute atomic E-state index is 12.1. The molecule has 2 aromatic heterocycles. The van der Waals surface area contributed by atoms with Crippen molar-refractivity contribution in [2.24, 2.45) is 0 Å². The number of carbonyl (C=O) groups excluding carboxylic acids is 2. The van der Waals surface area contributed by atoms with Crippen LogP contribution in [-0.4, -0.2) is 21.5 Å². The van der Waals surface area contributed by atoms with Crippen molar-refractivity contribution >= 4 is 34.6 Å².